The standard InChI is InChI=1S/C12H20ClN3/c1-4-16-12(10(13)7-15-16)11(14-3)8(2)9-5-6-9/h7-9,11,14H,4-6H2,1-3H3. The molecule has 2 unspecified atom stereocenters. The quantitative estimate of drug-likeness (QED) is 0.859. The molecular formula is C12H20ClN3. The minimum atomic E-state index is 0.322. The topological polar surface area (TPSA) is 29.9 Å². The molecule has 1 heterocycles. The minimum Gasteiger partial charge on any atom is -0.311 e. The zero-order valence-electron chi connectivity index (χ0n) is 10.2. The second-order valence-electron chi connectivity index (χ2n) is 4.66. The van der Waals surface area contributed by atoms with E-state index < -0.39 is 0 Å². The van der Waals surface area contributed by atoms with E-state index in [0.717, 1.165) is 23.2 Å². The van der Waals surface area contributed by atoms with Crippen molar-refractivity contribution < 1.29 is 0 Å². The van der Waals surface area contributed by atoms with Crippen LogP contribution < -0.4 is 5.32 Å². The number of nitrogens with one attached hydrogen (secondary N) is 1. The third-order valence-electron chi connectivity index (χ3n) is 3.63. The van der Waals surface area contributed by atoms with Crippen molar-refractivity contribution in [3.05, 3.63) is 16.9 Å². The van der Waals surface area contributed by atoms with Crippen LogP contribution in [0.3, 0.4) is 0 Å². The van der Waals surface area contributed by atoms with Gasteiger partial charge in [0.05, 0.1) is 23.0 Å². The summed E-state index contributed by atoms with van der Waals surface area (Å²) >= 11 is 6.24. The molecule has 4 heteroatoms. The van der Waals surface area contributed by atoms with Crippen molar-refractivity contribution in [1.29, 1.82) is 0 Å². The predicted octanol–water partition coefficient (Wildman–Crippen LogP) is 2.86. The Labute approximate surface area is 102 Å². The van der Waals surface area contributed by atoms with Crippen molar-refractivity contribution in [2.24, 2.45) is 11.8 Å². The summed E-state index contributed by atoms with van der Waals surface area (Å²) in [5, 5.41) is 8.49. The normalized spacial score (nSPS) is 19.8. The molecule has 0 aliphatic heterocycles. The van der Waals surface area contributed by atoms with Gasteiger partial charge >= 0.3 is 0 Å². The van der Waals surface area contributed by atoms with E-state index in [0.29, 0.717) is 12.0 Å². The van der Waals surface area contributed by atoms with Crippen molar-refractivity contribution in [1.82, 2.24) is 15.1 Å². The summed E-state index contributed by atoms with van der Waals surface area (Å²) in [6.07, 6.45) is 4.47. The first-order valence-electron chi connectivity index (χ1n) is 6.07. The Morgan fingerprint density at radius 1 is 1.62 bits per heavy atom. The van der Waals surface area contributed by atoms with Gasteiger partial charge in [-0.05, 0) is 38.6 Å². The molecule has 90 valence electrons. The molecule has 0 spiro atoms. The number of rotatable bonds is 5. The first kappa shape index (κ1) is 11.9. The van der Waals surface area contributed by atoms with E-state index in [1.54, 1.807) is 6.20 Å². The van der Waals surface area contributed by atoms with Gasteiger partial charge in [0.25, 0.3) is 0 Å². The van der Waals surface area contributed by atoms with Gasteiger partial charge in [-0.3, -0.25) is 4.68 Å². The minimum absolute atomic E-state index is 0.322. The Hall–Kier alpha value is -0.540. The van der Waals surface area contributed by atoms with Crippen molar-refractivity contribution in [3.63, 3.8) is 0 Å². The summed E-state index contributed by atoms with van der Waals surface area (Å²) in [4.78, 5) is 0. The molecule has 0 bridgehead atoms. The van der Waals surface area contributed by atoms with Crippen LogP contribution in [0.25, 0.3) is 0 Å². The first-order valence-corrected chi connectivity index (χ1v) is 6.45. The Balaban J connectivity index is 2.27. The van der Waals surface area contributed by atoms with Crippen LogP contribution in [0, 0.1) is 11.8 Å². The van der Waals surface area contributed by atoms with Gasteiger partial charge in [-0.15, -0.1) is 0 Å². The second-order valence-corrected chi connectivity index (χ2v) is 5.06. The SMILES string of the molecule is CCn1ncc(Cl)c1C(NC)C(C)C1CC1. The molecule has 0 radical (unpaired) electrons. The van der Waals surface area contributed by atoms with Crippen molar-refractivity contribution in [3.8, 4) is 0 Å². The average Bonchev–Trinajstić information content (AvgIpc) is 3.06. The highest BCUT2D eigenvalue weighted by atomic mass is 35.5. The van der Waals surface area contributed by atoms with Crippen LogP contribution in [0.5, 0.6) is 0 Å². The van der Waals surface area contributed by atoms with Crippen molar-refractivity contribution in [2.45, 2.75) is 39.3 Å². The van der Waals surface area contributed by atoms with Crippen LogP contribution in [0.15, 0.2) is 6.20 Å². The summed E-state index contributed by atoms with van der Waals surface area (Å²) in [7, 11) is 2.01. The van der Waals surface area contributed by atoms with Gasteiger partial charge in [0.15, 0.2) is 0 Å². The molecule has 1 N–H and O–H groups in total. The van der Waals surface area contributed by atoms with E-state index in [1.807, 2.05) is 11.7 Å². The van der Waals surface area contributed by atoms with Gasteiger partial charge in [0.2, 0.25) is 0 Å². The highest BCUT2D eigenvalue weighted by Crippen LogP contribution is 2.43. The largest absolute Gasteiger partial charge is 0.311 e. The van der Waals surface area contributed by atoms with Crippen LogP contribution >= 0.6 is 11.6 Å². The van der Waals surface area contributed by atoms with Crippen LogP contribution in [0.2, 0.25) is 5.02 Å². The highest BCUT2D eigenvalue weighted by Gasteiger charge is 2.35. The number of halogens is 1. The third kappa shape index (κ3) is 2.11. The average molecular weight is 242 g/mol. The second kappa shape index (κ2) is 4.76. The molecule has 1 aliphatic carbocycles. The fourth-order valence-electron chi connectivity index (χ4n) is 2.48. The molecule has 16 heavy (non-hydrogen) atoms. The molecule has 0 saturated heterocycles. The van der Waals surface area contributed by atoms with Gasteiger partial charge in [0, 0.05) is 6.54 Å². The molecule has 1 aromatic heterocycles. The number of hydrogen-bond acceptors (Lipinski definition) is 2. The molecule has 1 saturated carbocycles. The van der Waals surface area contributed by atoms with Crippen LogP contribution in [0.1, 0.15) is 38.4 Å². The van der Waals surface area contributed by atoms with Gasteiger partial charge in [0.1, 0.15) is 0 Å². The Morgan fingerprint density at radius 3 is 2.81 bits per heavy atom. The summed E-state index contributed by atoms with van der Waals surface area (Å²) in [6, 6.07) is 0.322. The smallest absolute Gasteiger partial charge is 0.0834 e. The molecule has 3 nitrogen and oxygen atoms in total. The summed E-state index contributed by atoms with van der Waals surface area (Å²) in [5.74, 6) is 1.48. The molecule has 0 aromatic carbocycles. The molecule has 1 fully saturated rings. The Kier molecular flexibility index (Phi) is 3.55. The van der Waals surface area contributed by atoms with E-state index >= 15 is 0 Å². The fraction of sp³-hybridized carbons (Fsp3) is 0.750. The van der Waals surface area contributed by atoms with E-state index in [2.05, 4.69) is 24.3 Å². The number of nitrogens with zero attached hydrogens (tertiary/aromatic N) is 2. The number of aromatic nitrogens is 2. The maximum Gasteiger partial charge on any atom is 0.0834 e. The van der Waals surface area contributed by atoms with E-state index in [-0.39, 0.29) is 0 Å². The van der Waals surface area contributed by atoms with E-state index in [4.69, 9.17) is 11.6 Å². The van der Waals surface area contributed by atoms with Gasteiger partial charge < -0.3 is 5.32 Å². The molecule has 0 amide bonds. The lowest BCUT2D eigenvalue weighted by molar-refractivity contribution is 0.348. The third-order valence-corrected chi connectivity index (χ3v) is 3.92. The molecular weight excluding hydrogens is 222 g/mol. The predicted molar refractivity (Wildman–Crippen MR) is 66.6 cm³/mol. The monoisotopic (exact) mass is 241 g/mol. The molecule has 1 aliphatic rings. The van der Waals surface area contributed by atoms with Crippen LogP contribution in [0.4, 0.5) is 0 Å². The fourth-order valence-corrected chi connectivity index (χ4v) is 2.73. The lowest BCUT2D eigenvalue weighted by atomic mass is 9.94. The summed E-state index contributed by atoms with van der Waals surface area (Å²) < 4.78 is 2.00. The summed E-state index contributed by atoms with van der Waals surface area (Å²) in [5.41, 5.74) is 1.14. The first-order chi connectivity index (χ1) is 7.69. The van der Waals surface area contributed by atoms with Crippen molar-refractivity contribution >= 4 is 11.6 Å². The zero-order chi connectivity index (χ0) is 11.7. The van der Waals surface area contributed by atoms with Gasteiger partial charge in [-0.25, -0.2) is 0 Å². The Morgan fingerprint density at radius 2 is 2.31 bits per heavy atom. The molecule has 2 rings (SSSR count). The lowest BCUT2D eigenvalue weighted by Crippen LogP contribution is -2.27. The zero-order valence-corrected chi connectivity index (χ0v) is 11.0. The highest BCUT2D eigenvalue weighted by molar-refractivity contribution is 6.31. The van der Waals surface area contributed by atoms with Crippen LogP contribution in [-0.2, 0) is 6.54 Å². The Bertz CT molecular complexity index is 357. The van der Waals surface area contributed by atoms with E-state index in [9.17, 15) is 0 Å². The number of aryl methyl sites for hydroxylation is 1. The maximum absolute atomic E-state index is 6.24. The number of hydrogen-bond donors (Lipinski definition) is 1. The summed E-state index contributed by atoms with van der Waals surface area (Å²) in [6.45, 7) is 5.28. The molecule has 1 aromatic rings. The van der Waals surface area contributed by atoms with Crippen molar-refractivity contribution in [2.75, 3.05) is 7.05 Å². The maximum atomic E-state index is 6.24. The lowest BCUT2D eigenvalue weighted by Gasteiger charge is -2.24. The van der Waals surface area contributed by atoms with Gasteiger partial charge in [-0.1, -0.05) is 18.5 Å². The van der Waals surface area contributed by atoms with Crippen LogP contribution in [-0.4, -0.2) is 16.8 Å². The van der Waals surface area contributed by atoms with Gasteiger partial charge in [-0.2, -0.15) is 5.10 Å². The van der Waals surface area contributed by atoms with E-state index in [1.165, 1.54) is 12.8 Å². The molecule has 2 atom stereocenters.